The van der Waals surface area contributed by atoms with Crippen LogP contribution in [0.1, 0.15) is 21.5 Å². The van der Waals surface area contributed by atoms with E-state index >= 15 is 0 Å². The molecule has 0 saturated heterocycles. The van der Waals surface area contributed by atoms with Gasteiger partial charge in [-0.05, 0) is 18.2 Å². The first-order valence-electron chi connectivity index (χ1n) is 13.0. The van der Waals surface area contributed by atoms with Crippen LogP contribution in [0.3, 0.4) is 0 Å². The van der Waals surface area contributed by atoms with Gasteiger partial charge < -0.3 is 20.1 Å². The third kappa shape index (κ3) is 4.95. The van der Waals surface area contributed by atoms with E-state index < -0.39 is 29.6 Å². The lowest BCUT2D eigenvalue weighted by atomic mass is 10.0. The maximum Gasteiger partial charge on any atom is 0.269 e. The Labute approximate surface area is 233 Å². The molecule has 1 unspecified atom stereocenters. The van der Waals surface area contributed by atoms with E-state index in [-0.39, 0.29) is 40.9 Å². The van der Waals surface area contributed by atoms with E-state index in [1.165, 1.54) is 35.0 Å². The zero-order valence-electron chi connectivity index (χ0n) is 21.9. The number of benzene rings is 3. The van der Waals surface area contributed by atoms with Crippen LogP contribution in [0, 0.1) is 17.6 Å². The van der Waals surface area contributed by atoms with Gasteiger partial charge in [0.2, 0.25) is 12.0 Å². The highest BCUT2D eigenvalue weighted by atomic mass is 19.1. The molecule has 4 aromatic rings. The van der Waals surface area contributed by atoms with Crippen molar-refractivity contribution in [2.75, 3.05) is 25.6 Å². The second-order valence-electron chi connectivity index (χ2n) is 9.69. The molecule has 2 aliphatic heterocycles. The number of halogens is 2. The molecule has 0 aliphatic carbocycles. The van der Waals surface area contributed by atoms with E-state index in [1.54, 1.807) is 43.5 Å². The fraction of sp³-hybridized carbons (Fsp3) is 0.200. The van der Waals surface area contributed by atoms with Crippen LogP contribution in [0.5, 0.6) is 5.88 Å². The fourth-order valence-corrected chi connectivity index (χ4v) is 5.01. The molecule has 1 aromatic heterocycles. The van der Waals surface area contributed by atoms with Crippen molar-refractivity contribution < 1.29 is 27.8 Å². The molecular formula is C30H25F2N5O4. The number of nitrogens with one attached hydrogen (secondary N) is 2. The maximum atomic E-state index is 14.9. The van der Waals surface area contributed by atoms with Crippen molar-refractivity contribution in [2.45, 2.75) is 12.7 Å². The number of aromatic nitrogens is 2. The number of carbonyl (C=O) groups is 2. The first-order chi connectivity index (χ1) is 19.9. The summed E-state index contributed by atoms with van der Waals surface area (Å²) >= 11 is 0. The molecule has 0 fully saturated rings. The molecular weight excluding hydrogens is 532 g/mol. The normalized spacial score (nSPS) is 17.8. The summed E-state index contributed by atoms with van der Waals surface area (Å²) in [4.78, 5) is 31.8. The Bertz CT molecular complexity index is 1670. The van der Waals surface area contributed by atoms with Crippen molar-refractivity contribution >= 4 is 23.2 Å². The standard InChI is InChI=1S/C30H25F2N5O4/c1-40-15-17-14-37-30(41-16-17)23(26(36-37)19-10-5-6-12-21(19)31)28(38)35-27-29(39)34-25-20(11-7-13-22(25)32)24(33-27)18-8-3-2-4-9-18/h2-13,17,27H,14-16H2,1H3,(H,34,39)(H,35,38)/t17?,27-/m1/s1. The van der Waals surface area contributed by atoms with Gasteiger partial charge in [0, 0.05) is 29.7 Å². The minimum absolute atomic E-state index is 0.0316. The SMILES string of the molecule is COCC1COc2c(C(=O)N[C@H]3N=C(c4ccccc4)c4cccc(F)c4NC3=O)c(-c3ccccc3F)nn2C1. The third-order valence-corrected chi connectivity index (χ3v) is 6.89. The van der Waals surface area contributed by atoms with E-state index in [4.69, 9.17) is 9.47 Å². The van der Waals surface area contributed by atoms with Crippen LogP contribution in [0.15, 0.2) is 77.8 Å². The number of anilines is 1. The number of amides is 2. The zero-order valence-corrected chi connectivity index (χ0v) is 21.9. The van der Waals surface area contributed by atoms with Gasteiger partial charge in [-0.15, -0.1) is 0 Å². The van der Waals surface area contributed by atoms with Crippen LogP contribution in [-0.4, -0.2) is 53.8 Å². The molecule has 6 rings (SSSR count). The first-order valence-corrected chi connectivity index (χ1v) is 13.0. The molecule has 3 aromatic carbocycles. The van der Waals surface area contributed by atoms with E-state index in [1.807, 2.05) is 6.07 Å². The van der Waals surface area contributed by atoms with Gasteiger partial charge in [0.15, 0.2) is 0 Å². The number of nitrogens with zero attached hydrogens (tertiary/aromatic N) is 3. The summed E-state index contributed by atoms with van der Waals surface area (Å²) < 4.78 is 42.4. The molecule has 9 nitrogen and oxygen atoms in total. The van der Waals surface area contributed by atoms with Gasteiger partial charge >= 0.3 is 0 Å². The van der Waals surface area contributed by atoms with Gasteiger partial charge in [0.05, 0.1) is 31.2 Å². The van der Waals surface area contributed by atoms with Crippen molar-refractivity contribution in [2.24, 2.45) is 10.9 Å². The molecule has 0 spiro atoms. The summed E-state index contributed by atoms with van der Waals surface area (Å²) in [5.41, 5.74) is 1.38. The van der Waals surface area contributed by atoms with E-state index in [9.17, 15) is 18.4 Å². The second kappa shape index (κ2) is 10.9. The molecule has 2 atom stereocenters. The summed E-state index contributed by atoms with van der Waals surface area (Å²) in [6, 6.07) is 19.3. The van der Waals surface area contributed by atoms with Gasteiger partial charge in [-0.3, -0.25) is 9.59 Å². The Morgan fingerprint density at radius 3 is 2.56 bits per heavy atom. The van der Waals surface area contributed by atoms with Crippen LogP contribution in [0.4, 0.5) is 14.5 Å². The predicted octanol–water partition coefficient (Wildman–Crippen LogP) is 4.03. The highest BCUT2D eigenvalue weighted by molar-refractivity contribution is 6.20. The van der Waals surface area contributed by atoms with E-state index in [0.29, 0.717) is 30.0 Å². The molecule has 41 heavy (non-hydrogen) atoms. The molecule has 2 N–H and O–H groups in total. The van der Waals surface area contributed by atoms with Gasteiger partial charge in [0.1, 0.15) is 22.9 Å². The van der Waals surface area contributed by atoms with Crippen LogP contribution in [0.25, 0.3) is 11.3 Å². The lowest BCUT2D eigenvalue weighted by Crippen LogP contribution is -2.42. The number of hydrogen-bond donors (Lipinski definition) is 2. The molecule has 0 bridgehead atoms. The Kier molecular flexibility index (Phi) is 7.02. The van der Waals surface area contributed by atoms with Gasteiger partial charge in [-0.25, -0.2) is 18.5 Å². The second-order valence-corrected chi connectivity index (χ2v) is 9.69. The molecule has 0 radical (unpaired) electrons. The van der Waals surface area contributed by atoms with Gasteiger partial charge in [-0.2, -0.15) is 5.10 Å². The lowest BCUT2D eigenvalue weighted by molar-refractivity contribution is -0.117. The summed E-state index contributed by atoms with van der Waals surface area (Å²) in [6.07, 6.45) is -1.45. The lowest BCUT2D eigenvalue weighted by Gasteiger charge is -2.24. The average molecular weight is 558 g/mol. The minimum atomic E-state index is -1.45. The average Bonchev–Trinajstić information content (AvgIpc) is 3.29. The number of rotatable bonds is 6. The Morgan fingerprint density at radius 1 is 1.05 bits per heavy atom. The zero-order chi connectivity index (χ0) is 28.5. The molecule has 2 aliphatic rings. The quantitative estimate of drug-likeness (QED) is 0.372. The topological polar surface area (TPSA) is 107 Å². The fourth-order valence-electron chi connectivity index (χ4n) is 5.01. The van der Waals surface area contributed by atoms with Crippen LogP contribution in [0.2, 0.25) is 0 Å². The largest absolute Gasteiger partial charge is 0.477 e. The van der Waals surface area contributed by atoms with Gasteiger partial charge in [-0.1, -0.05) is 54.6 Å². The number of ether oxygens (including phenoxy) is 2. The van der Waals surface area contributed by atoms with Gasteiger partial charge in [0.25, 0.3) is 11.8 Å². The predicted molar refractivity (Wildman–Crippen MR) is 147 cm³/mol. The molecule has 208 valence electrons. The van der Waals surface area contributed by atoms with Crippen LogP contribution >= 0.6 is 0 Å². The van der Waals surface area contributed by atoms with E-state index in [2.05, 4.69) is 20.7 Å². The van der Waals surface area contributed by atoms with Crippen molar-refractivity contribution in [3.63, 3.8) is 0 Å². The number of carbonyl (C=O) groups excluding carboxylic acids is 2. The summed E-state index contributed by atoms with van der Waals surface area (Å²) in [5.74, 6) is -2.60. The number of aliphatic imine (C=N–C) groups is 1. The summed E-state index contributed by atoms with van der Waals surface area (Å²) in [6.45, 7) is 1.05. The Morgan fingerprint density at radius 2 is 1.78 bits per heavy atom. The van der Waals surface area contributed by atoms with Crippen molar-refractivity contribution in [3.8, 4) is 17.1 Å². The molecule has 3 heterocycles. The molecule has 11 heteroatoms. The number of methoxy groups -OCH3 is 1. The Hall–Kier alpha value is -4.90. The van der Waals surface area contributed by atoms with Crippen LogP contribution in [-0.2, 0) is 16.1 Å². The molecule has 0 saturated carbocycles. The van der Waals surface area contributed by atoms with Crippen LogP contribution < -0.4 is 15.4 Å². The highest BCUT2D eigenvalue weighted by Crippen LogP contribution is 2.35. The summed E-state index contributed by atoms with van der Waals surface area (Å²) in [5, 5.41) is 9.72. The molecule has 2 amide bonds. The number of benzodiazepines with no additional fused rings is 1. The van der Waals surface area contributed by atoms with Crippen molar-refractivity contribution in [3.05, 3.63) is 101 Å². The first kappa shape index (κ1) is 26.3. The number of hydrogen-bond acceptors (Lipinski definition) is 6. The Balaban J connectivity index is 1.42. The van der Waals surface area contributed by atoms with Crippen molar-refractivity contribution in [1.29, 1.82) is 0 Å². The monoisotopic (exact) mass is 557 g/mol. The smallest absolute Gasteiger partial charge is 0.269 e. The van der Waals surface area contributed by atoms with Crippen molar-refractivity contribution in [1.82, 2.24) is 15.1 Å². The third-order valence-electron chi connectivity index (χ3n) is 6.89. The number of fused-ring (bicyclic) bond motifs is 2. The maximum absolute atomic E-state index is 14.9. The highest BCUT2D eigenvalue weighted by Gasteiger charge is 2.35. The minimum Gasteiger partial charge on any atom is -0.477 e. The number of para-hydroxylation sites is 1. The van der Waals surface area contributed by atoms with E-state index in [0.717, 1.165) is 0 Å². The summed E-state index contributed by atoms with van der Waals surface area (Å²) in [7, 11) is 1.58.